The largest absolute Gasteiger partial charge is 0.496 e. The van der Waals surface area contributed by atoms with E-state index in [1.165, 1.54) is 0 Å². The van der Waals surface area contributed by atoms with Gasteiger partial charge < -0.3 is 14.2 Å². The molecule has 0 aromatic heterocycles. The molecule has 1 aromatic rings. The lowest BCUT2D eigenvalue weighted by atomic mass is 10.1. The van der Waals surface area contributed by atoms with Crippen LogP contribution in [-0.2, 0) is 4.74 Å². The van der Waals surface area contributed by atoms with Crippen LogP contribution in [0.3, 0.4) is 0 Å². The number of methoxy groups -OCH3 is 2. The Morgan fingerprint density at radius 1 is 0.933 bits per heavy atom. The lowest BCUT2D eigenvalue weighted by Gasteiger charge is -2.12. The minimum atomic E-state index is 0.573. The summed E-state index contributed by atoms with van der Waals surface area (Å²) in [6, 6.07) is 3.97. The Morgan fingerprint density at radius 2 is 1.53 bits per heavy atom. The highest BCUT2D eigenvalue weighted by Gasteiger charge is 2.05. The first-order valence-electron chi connectivity index (χ1n) is 4.96. The van der Waals surface area contributed by atoms with Gasteiger partial charge in [-0.1, -0.05) is 0 Å². The molecule has 0 atom stereocenters. The molecular weight excluding hydrogens is 192 g/mol. The SMILES string of the molecule is COCCOc1cc(C)c(OC)cc1C. The van der Waals surface area contributed by atoms with Crippen molar-refractivity contribution in [2.75, 3.05) is 27.4 Å². The Bertz CT molecular complexity index is 321. The van der Waals surface area contributed by atoms with E-state index in [4.69, 9.17) is 14.2 Å². The predicted octanol–water partition coefficient (Wildman–Crippen LogP) is 2.34. The van der Waals surface area contributed by atoms with E-state index >= 15 is 0 Å². The van der Waals surface area contributed by atoms with Crippen molar-refractivity contribution in [2.45, 2.75) is 13.8 Å². The summed E-state index contributed by atoms with van der Waals surface area (Å²) in [5.74, 6) is 1.79. The zero-order valence-corrected chi connectivity index (χ0v) is 9.79. The van der Waals surface area contributed by atoms with Crippen molar-refractivity contribution in [3.05, 3.63) is 23.3 Å². The normalized spacial score (nSPS) is 10.1. The van der Waals surface area contributed by atoms with E-state index in [2.05, 4.69) is 0 Å². The molecule has 0 aliphatic carbocycles. The third kappa shape index (κ3) is 3.13. The standard InChI is InChI=1S/C12H18O3/c1-9-8-12(15-6-5-13-3)10(2)7-11(9)14-4/h7-8H,5-6H2,1-4H3. The van der Waals surface area contributed by atoms with Crippen molar-refractivity contribution in [1.29, 1.82) is 0 Å². The monoisotopic (exact) mass is 210 g/mol. The molecule has 84 valence electrons. The maximum atomic E-state index is 5.58. The van der Waals surface area contributed by atoms with Gasteiger partial charge in [-0.05, 0) is 37.1 Å². The topological polar surface area (TPSA) is 27.7 Å². The quantitative estimate of drug-likeness (QED) is 0.698. The summed E-state index contributed by atoms with van der Waals surface area (Å²) in [6.45, 7) is 5.18. The van der Waals surface area contributed by atoms with Crippen molar-refractivity contribution in [1.82, 2.24) is 0 Å². The lowest BCUT2D eigenvalue weighted by molar-refractivity contribution is 0.146. The fraction of sp³-hybridized carbons (Fsp3) is 0.500. The average Bonchev–Trinajstić information content (AvgIpc) is 2.23. The molecule has 0 bridgehead atoms. The van der Waals surface area contributed by atoms with Crippen LogP contribution in [-0.4, -0.2) is 27.4 Å². The maximum absolute atomic E-state index is 5.58. The molecule has 0 saturated heterocycles. The van der Waals surface area contributed by atoms with E-state index in [-0.39, 0.29) is 0 Å². The van der Waals surface area contributed by atoms with Gasteiger partial charge in [0.05, 0.1) is 13.7 Å². The van der Waals surface area contributed by atoms with E-state index in [0.717, 1.165) is 22.6 Å². The number of hydrogen-bond acceptors (Lipinski definition) is 3. The number of benzene rings is 1. The Hall–Kier alpha value is -1.22. The van der Waals surface area contributed by atoms with Gasteiger partial charge in [-0.3, -0.25) is 0 Å². The summed E-state index contributed by atoms with van der Waals surface area (Å²) in [4.78, 5) is 0. The molecule has 15 heavy (non-hydrogen) atoms. The fourth-order valence-corrected chi connectivity index (χ4v) is 1.37. The van der Waals surface area contributed by atoms with Gasteiger partial charge in [0.1, 0.15) is 18.1 Å². The Kier molecular flexibility index (Phi) is 4.43. The second-order valence-corrected chi connectivity index (χ2v) is 3.43. The minimum Gasteiger partial charge on any atom is -0.496 e. The average molecular weight is 210 g/mol. The number of hydrogen-bond donors (Lipinski definition) is 0. The van der Waals surface area contributed by atoms with Gasteiger partial charge in [0.15, 0.2) is 0 Å². The molecule has 3 heteroatoms. The van der Waals surface area contributed by atoms with Crippen molar-refractivity contribution >= 4 is 0 Å². The second kappa shape index (κ2) is 5.61. The molecule has 3 nitrogen and oxygen atoms in total. The Labute approximate surface area is 91.0 Å². The molecule has 0 heterocycles. The lowest BCUT2D eigenvalue weighted by Crippen LogP contribution is -2.05. The second-order valence-electron chi connectivity index (χ2n) is 3.43. The summed E-state index contributed by atoms with van der Waals surface area (Å²) in [5, 5.41) is 0. The van der Waals surface area contributed by atoms with Crippen LogP contribution < -0.4 is 9.47 Å². The number of rotatable bonds is 5. The maximum Gasteiger partial charge on any atom is 0.122 e. The highest BCUT2D eigenvalue weighted by molar-refractivity contribution is 5.45. The molecule has 0 aliphatic rings. The molecular formula is C12H18O3. The third-order valence-electron chi connectivity index (χ3n) is 2.24. The highest BCUT2D eigenvalue weighted by Crippen LogP contribution is 2.27. The van der Waals surface area contributed by atoms with Crippen LogP contribution >= 0.6 is 0 Å². The molecule has 0 saturated carbocycles. The van der Waals surface area contributed by atoms with E-state index in [1.54, 1.807) is 14.2 Å². The summed E-state index contributed by atoms with van der Waals surface area (Å²) in [5.41, 5.74) is 2.16. The third-order valence-corrected chi connectivity index (χ3v) is 2.24. The Morgan fingerprint density at radius 3 is 2.13 bits per heavy atom. The van der Waals surface area contributed by atoms with Gasteiger partial charge in [-0.15, -0.1) is 0 Å². The van der Waals surface area contributed by atoms with E-state index in [0.29, 0.717) is 13.2 Å². The minimum absolute atomic E-state index is 0.573. The summed E-state index contributed by atoms with van der Waals surface area (Å²) >= 11 is 0. The predicted molar refractivity (Wildman–Crippen MR) is 59.8 cm³/mol. The van der Waals surface area contributed by atoms with Crippen molar-refractivity contribution in [3.8, 4) is 11.5 Å². The van der Waals surface area contributed by atoms with E-state index < -0.39 is 0 Å². The van der Waals surface area contributed by atoms with Gasteiger partial charge in [-0.2, -0.15) is 0 Å². The molecule has 0 spiro atoms. The number of ether oxygens (including phenoxy) is 3. The van der Waals surface area contributed by atoms with Crippen molar-refractivity contribution < 1.29 is 14.2 Å². The van der Waals surface area contributed by atoms with Gasteiger partial charge in [0.2, 0.25) is 0 Å². The van der Waals surface area contributed by atoms with Crippen LogP contribution in [0.25, 0.3) is 0 Å². The van der Waals surface area contributed by atoms with Crippen LogP contribution in [0.1, 0.15) is 11.1 Å². The number of aryl methyl sites for hydroxylation is 2. The van der Waals surface area contributed by atoms with Crippen LogP contribution in [0, 0.1) is 13.8 Å². The first kappa shape index (κ1) is 11.9. The summed E-state index contributed by atoms with van der Waals surface area (Å²) in [6.07, 6.45) is 0. The summed E-state index contributed by atoms with van der Waals surface area (Å²) in [7, 11) is 3.34. The van der Waals surface area contributed by atoms with Gasteiger partial charge >= 0.3 is 0 Å². The fourth-order valence-electron chi connectivity index (χ4n) is 1.37. The van der Waals surface area contributed by atoms with Crippen LogP contribution in [0.4, 0.5) is 0 Å². The molecule has 0 amide bonds. The first-order chi connectivity index (χ1) is 7.19. The smallest absolute Gasteiger partial charge is 0.122 e. The molecule has 0 aliphatic heterocycles. The zero-order chi connectivity index (χ0) is 11.3. The highest BCUT2D eigenvalue weighted by atomic mass is 16.5. The molecule has 0 fully saturated rings. The molecule has 1 rings (SSSR count). The molecule has 0 radical (unpaired) electrons. The van der Waals surface area contributed by atoms with Crippen molar-refractivity contribution in [2.24, 2.45) is 0 Å². The zero-order valence-electron chi connectivity index (χ0n) is 9.79. The van der Waals surface area contributed by atoms with Crippen LogP contribution in [0.15, 0.2) is 12.1 Å². The van der Waals surface area contributed by atoms with Gasteiger partial charge in [-0.25, -0.2) is 0 Å². The first-order valence-corrected chi connectivity index (χ1v) is 4.96. The van der Waals surface area contributed by atoms with Gasteiger partial charge in [0.25, 0.3) is 0 Å². The van der Waals surface area contributed by atoms with E-state index in [9.17, 15) is 0 Å². The van der Waals surface area contributed by atoms with E-state index in [1.807, 2.05) is 26.0 Å². The van der Waals surface area contributed by atoms with Crippen molar-refractivity contribution in [3.63, 3.8) is 0 Å². The molecule has 1 aromatic carbocycles. The Balaban J connectivity index is 2.76. The summed E-state index contributed by atoms with van der Waals surface area (Å²) < 4.78 is 15.7. The van der Waals surface area contributed by atoms with Crippen LogP contribution in [0.5, 0.6) is 11.5 Å². The molecule has 0 unspecified atom stereocenters. The molecule has 0 N–H and O–H groups in total. The van der Waals surface area contributed by atoms with Crippen LogP contribution in [0.2, 0.25) is 0 Å². The van der Waals surface area contributed by atoms with Gasteiger partial charge in [0, 0.05) is 7.11 Å².